The molecular weight excluding hydrogens is 164 g/mol. The first kappa shape index (κ1) is 9.90. The minimum atomic E-state index is 0.320. The molecule has 0 radical (unpaired) electrons. The zero-order valence-electron chi connectivity index (χ0n) is 8.37. The number of aromatic hydroxyl groups is 1. The fourth-order valence-electron chi connectivity index (χ4n) is 1.36. The first-order chi connectivity index (χ1) is 6.27. The molecule has 0 fully saturated rings. The van der Waals surface area contributed by atoms with Gasteiger partial charge in [0.05, 0.1) is 6.61 Å². The highest BCUT2D eigenvalue weighted by molar-refractivity contribution is 5.44. The van der Waals surface area contributed by atoms with E-state index in [-0.39, 0.29) is 0 Å². The van der Waals surface area contributed by atoms with E-state index in [1.54, 1.807) is 12.1 Å². The summed E-state index contributed by atoms with van der Waals surface area (Å²) < 4.78 is 5.35. The van der Waals surface area contributed by atoms with E-state index in [0.717, 1.165) is 17.9 Å². The normalized spacial score (nSPS) is 18.2. The lowest BCUT2D eigenvalue weighted by Gasteiger charge is -1.99. The van der Waals surface area contributed by atoms with Crippen LogP contribution in [0.3, 0.4) is 0 Å². The Morgan fingerprint density at radius 1 is 1.38 bits per heavy atom. The number of benzene rings is 1. The van der Waals surface area contributed by atoms with Gasteiger partial charge >= 0.3 is 0 Å². The summed E-state index contributed by atoms with van der Waals surface area (Å²) in [5, 5.41) is 9.16. The summed E-state index contributed by atoms with van der Waals surface area (Å²) >= 11 is 0. The minimum absolute atomic E-state index is 0.320. The lowest BCUT2D eigenvalue weighted by molar-refractivity contribution is 0.337. The molecule has 1 N–H and O–H groups in total. The molecule has 0 aromatic heterocycles. The number of hydrogen-bond acceptors (Lipinski definition) is 2. The maximum Gasteiger partial charge on any atom is 0.123 e. The summed E-state index contributed by atoms with van der Waals surface area (Å²) in [6, 6.07) is 5.23. The van der Waals surface area contributed by atoms with Crippen molar-refractivity contribution in [3.63, 3.8) is 0 Å². The third-order valence-corrected chi connectivity index (χ3v) is 2.01. The van der Waals surface area contributed by atoms with Gasteiger partial charge < -0.3 is 9.84 Å². The Morgan fingerprint density at radius 2 is 2.08 bits per heavy atom. The molecule has 1 aromatic rings. The van der Waals surface area contributed by atoms with Crippen LogP contribution in [0.5, 0.6) is 11.5 Å². The zero-order chi connectivity index (χ0) is 9.84. The second-order valence-corrected chi connectivity index (χ2v) is 2.93. The number of phenolic OH excluding ortho intramolecular Hbond substituents is 1. The molecule has 2 rings (SSSR count). The zero-order valence-corrected chi connectivity index (χ0v) is 8.37. The molecule has 0 aliphatic carbocycles. The van der Waals surface area contributed by atoms with E-state index in [2.05, 4.69) is 6.92 Å². The third kappa shape index (κ3) is 1.94. The molecule has 0 saturated heterocycles. The molecular formula is C11H16O2. The summed E-state index contributed by atoms with van der Waals surface area (Å²) in [4.78, 5) is 0. The topological polar surface area (TPSA) is 29.5 Å². The average Bonchev–Trinajstić information content (AvgIpc) is 2.52. The highest BCUT2D eigenvalue weighted by atomic mass is 16.5. The highest BCUT2D eigenvalue weighted by Gasteiger charge is 2.19. The van der Waals surface area contributed by atoms with Crippen molar-refractivity contribution in [2.45, 2.75) is 26.7 Å². The third-order valence-electron chi connectivity index (χ3n) is 2.01. The second-order valence-electron chi connectivity index (χ2n) is 2.93. The van der Waals surface area contributed by atoms with Crippen molar-refractivity contribution in [1.29, 1.82) is 0 Å². The molecule has 1 unspecified atom stereocenters. The summed E-state index contributed by atoms with van der Waals surface area (Å²) in [5.41, 5.74) is 1.12. The Bertz CT molecular complexity index is 281. The van der Waals surface area contributed by atoms with Crippen molar-refractivity contribution in [2.24, 2.45) is 0 Å². The number of rotatable bonds is 0. The maximum absolute atomic E-state index is 9.16. The number of phenols is 1. The van der Waals surface area contributed by atoms with E-state index >= 15 is 0 Å². The van der Waals surface area contributed by atoms with E-state index in [0.29, 0.717) is 11.7 Å². The van der Waals surface area contributed by atoms with E-state index in [4.69, 9.17) is 9.84 Å². The molecule has 0 saturated carbocycles. The largest absolute Gasteiger partial charge is 0.508 e. The van der Waals surface area contributed by atoms with Crippen molar-refractivity contribution in [1.82, 2.24) is 0 Å². The van der Waals surface area contributed by atoms with Gasteiger partial charge in [0.25, 0.3) is 0 Å². The molecule has 1 aliphatic heterocycles. The van der Waals surface area contributed by atoms with Gasteiger partial charge in [-0.25, -0.2) is 0 Å². The second kappa shape index (κ2) is 4.17. The van der Waals surface area contributed by atoms with Crippen LogP contribution in [0.1, 0.15) is 32.3 Å². The molecule has 2 heteroatoms. The van der Waals surface area contributed by atoms with Crippen LogP contribution in [0.4, 0.5) is 0 Å². The number of ether oxygens (including phenoxy) is 1. The quantitative estimate of drug-likeness (QED) is 0.665. The van der Waals surface area contributed by atoms with Gasteiger partial charge in [-0.1, -0.05) is 20.8 Å². The molecule has 0 bridgehead atoms. The molecule has 2 nitrogen and oxygen atoms in total. The predicted molar refractivity (Wildman–Crippen MR) is 53.4 cm³/mol. The molecule has 72 valence electrons. The molecule has 1 aliphatic rings. The molecule has 1 atom stereocenters. The summed E-state index contributed by atoms with van der Waals surface area (Å²) in [6.45, 7) is 6.82. The fourth-order valence-corrected chi connectivity index (χ4v) is 1.36. The van der Waals surface area contributed by atoms with Gasteiger partial charge in [0, 0.05) is 11.5 Å². The van der Waals surface area contributed by atoms with Crippen molar-refractivity contribution in [2.75, 3.05) is 6.61 Å². The van der Waals surface area contributed by atoms with Gasteiger partial charge in [-0.2, -0.15) is 0 Å². The van der Waals surface area contributed by atoms with Gasteiger partial charge in [0.2, 0.25) is 0 Å². The molecule has 0 amide bonds. The van der Waals surface area contributed by atoms with Crippen molar-refractivity contribution in [3.8, 4) is 11.5 Å². The average molecular weight is 180 g/mol. The van der Waals surface area contributed by atoms with Crippen LogP contribution >= 0.6 is 0 Å². The Balaban J connectivity index is 0.000000396. The minimum Gasteiger partial charge on any atom is -0.508 e. The van der Waals surface area contributed by atoms with Crippen LogP contribution in [0.2, 0.25) is 0 Å². The standard InChI is InChI=1S/C9H10O2.C2H6/c1-6-5-11-9-3-2-7(10)4-8(6)9;1-2/h2-4,6,10H,5H2,1H3;1-2H3. The summed E-state index contributed by atoms with van der Waals surface area (Å²) in [6.07, 6.45) is 0. The molecule has 13 heavy (non-hydrogen) atoms. The Kier molecular flexibility index (Phi) is 3.18. The molecule has 1 heterocycles. The van der Waals surface area contributed by atoms with Gasteiger partial charge in [-0.15, -0.1) is 0 Å². The molecule has 0 spiro atoms. The number of fused-ring (bicyclic) bond motifs is 1. The van der Waals surface area contributed by atoms with Crippen LogP contribution in [0.25, 0.3) is 0 Å². The van der Waals surface area contributed by atoms with Crippen LogP contribution in [0, 0.1) is 0 Å². The lowest BCUT2D eigenvalue weighted by atomic mass is 10.0. The van der Waals surface area contributed by atoms with E-state index < -0.39 is 0 Å². The maximum atomic E-state index is 9.16. The SMILES string of the molecule is CC.CC1COc2ccc(O)cc21. The van der Waals surface area contributed by atoms with E-state index in [1.807, 2.05) is 19.9 Å². The smallest absolute Gasteiger partial charge is 0.123 e. The van der Waals surface area contributed by atoms with Crippen LogP contribution in [-0.4, -0.2) is 11.7 Å². The van der Waals surface area contributed by atoms with Crippen LogP contribution < -0.4 is 4.74 Å². The van der Waals surface area contributed by atoms with E-state index in [1.165, 1.54) is 0 Å². The Morgan fingerprint density at radius 3 is 2.77 bits per heavy atom. The van der Waals surface area contributed by atoms with Crippen molar-refractivity contribution >= 4 is 0 Å². The van der Waals surface area contributed by atoms with Crippen LogP contribution in [0.15, 0.2) is 18.2 Å². The summed E-state index contributed by atoms with van der Waals surface area (Å²) in [7, 11) is 0. The summed E-state index contributed by atoms with van der Waals surface area (Å²) in [5.74, 6) is 1.65. The van der Waals surface area contributed by atoms with Gasteiger partial charge in [0.1, 0.15) is 11.5 Å². The van der Waals surface area contributed by atoms with Gasteiger partial charge in [-0.3, -0.25) is 0 Å². The van der Waals surface area contributed by atoms with Crippen LogP contribution in [-0.2, 0) is 0 Å². The number of hydrogen-bond donors (Lipinski definition) is 1. The lowest BCUT2D eigenvalue weighted by Crippen LogP contribution is -1.93. The van der Waals surface area contributed by atoms with Crippen molar-refractivity contribution in [3.05, 3.63) is 23.8 Å². The highest BCUT2D eigenvalue weighted by Crippen LogP contribution is 2.35. The fraction of sp³-hybridized carbons (Fsp3) is 0.455. The van der Waals surface area contributed by atoms with E-state index in [9.17, 15) is 0 Å². The van der Waals surface area contributed by atoms with Gasteiger partial charge in [-0.05, 0) is 18.2 Å². The first-order valence-electron chi connectivity index (χ1n) is 4.73. The van der Waals surface area contributed by atoms with Crippen molar-refractivity contribution < 1.29 is 9.84 Å². The van der Waals surface area contributed by atoms with Gasteiger partial charge in [0.15, 0.2) is 0 Å². The molecule has 1 aromatic carbocycles. The predicted octanol–water partition coefficient (Wildman–Crippen LogP) is 2.91. The monoisotopic (exact) mass is 180 g/mol. The first-order valence-corrected chi connectivity index (χ1v) is 4.73. The Labute approximate surface area is 79.2 Å². The Hall–Kier alpha value is -1.18.